The highest BCUT2D eigenvalue weighted by atomic mass is 15.3. The van der Waals surface area contributed by atoms with E-state index >= 15 is 0 Å². The summed E-state index contributed by atoms with van der Waals surface area (Å²) in [7, 11) is 2.06. The molecule has 0 N–H and O–H groups in total. The second-order valence-electron chi connectivity index (χ2n) is 5.64. The maximum Gasteiger partial charge on any atom is 0.205 e. The van der Waals surface area contributed by atoms with Crippen LogP contribution in [0.5, 0.6) is 0 Å². The molecule has 1 aliphatic heterocycles. The second kappa shape index (κ2) is 6.76. The van der Waals surface area contributed by atoms with E-state index in [1.807, 2.05) is 35.5 Å². The van der Waals surface area contributed by atoms with Gasteiger partial charge in [-0.1, -0.05) is 0 Å². The molecule has 0 unspecified atom stereocenters. The summed E-state index contributed by atoms with van der Waals surface area (Å²) >= 11 is 0. The van der Waals surface area contributed by atoms with Crippen LogP contribution in [0.2, 0.25) is 0 Å². The average Bonchev–Trinajstić information content (AvgIpc) is 3.16. The van der Waals surface area contributed by atoms with Gasteiger partial charge in [0.2, 0.25) is 5.95 Å². The first-order chi connectivity index (χ1) is 10.3. The zero-order chi connectivity index (χ0) is 14.5. The number of anilines is 1. The lowest BCUT2D eigenvalue weighted by Crippen LogP contribution is -2.47. The predicted octanol–water partition coefficient (Wildman–Crippen LogP) is 1.22. The van der Waals surface area contributed by atoms with Crippen LogP contribution in [0.25, 0.3) is 0 Å². The van der Waals surface area contributed by atoms with Crippen LogP contribution in [-0.4, -0.2) is 57.0 Å². The Morgan fingerprint density at radius 3 is 2.48 bits per heavy atom. The lowest BCUT2D eigenvalue weighted by Gasteiger charge is -2.35. The van der Waals surface area contributed by atoms with Crippen LogP contribution < -0.4 is 4.90 Å². The van der Waals surface area contributed by atoms with Crippen molar-refractivity contribution < 1.29 is 0 Å². The van der Waals surface area contributed by atoms with Crippen LogP contribution in [-0.2, 0) is 13.6 Å². The van der Waals surface area contributed by atoms with Gasteiger partial charge < -0.3 is 9.47 Å². The molecule has 114 valence electrons. The molecular weight excluding hydrogens is 264 g/mol. The summed E-state index contributed by atoms with van der Waals surface area (Å²) < 4.78 is 4.11. The third-order valence-electron chi connectivity index (χ3n) is 4.12. The summed E-state index contributed by atoms with van der Waals surface area (Å²) in [5.74, 6) is 1.09. The van der Waals surface area contributed by atoms with Crippen molar-refractivity contribution in [3.05, 3.63) is 30.9 Å². The number of hydrogen-bond donors (Lipinski definition) is 0. The van der Waals surface area contributed by atoms with Gasteiger partial charge in [0.25, 0.3) is 0 Å². The van der Waals surface area contributed by atoms with Crippen molar-refractivity contribution in [3.63, 3.8) is 0 Å². The SMILES string of the molecule is Cn1ccnc1N1CCN(CCCCn2cccn2)CC1. The van der Waals surface area contributed by atoms with Gasteiger partial charge in [-0.25, -0.2) is 4.98 Å². The van der Waals surface area contributed by atoms with E-state index in [0.29, 0.717) is 0 Å². The van der Waals surface area contributed by atoms with Crippen LogP contribution in [0.15, 0.2) is 30.9 Å². The second-order valence-corrected chi connectivity index (χ2v) is 5.64. The van der Waals surface area contributed by atoms with Crippen molar-refractivity contribution >= 4 is 5.95 Å². The monoisotopic (exact) mass is 288 g/mol. The number of aromatic nitrogens is 4. The van der Waals surface area contributed by atoms with E-state index in [-0.39, 0.29) is 0 Å². The van der Waals surface area contributed by atoms with Crippen LogP contribution in [0.1, 0.15) is 12.8 Å². The summed E-state index contributed by atoms with van der Waals surface area (Å²) in [6, 6.07) is 1.98. The van der Waals surface area contributed by atoms with Crippen molar-refractivity contribution in [1.29, 1.82) is 0 Å². The molecule has 0 aromatic carbocycles. The third-order valence-corrected chi connectivity index (χ3v) is 4.12. The van der Waals surface area contributed by atoms with Gasteiger partial charge in [-0.15, -0.1) is 0 Å². The van der Waals surface area contributed by atoms with Gasteiger partial charge in [-0.3, -0.25) is 9.58 Å². The predicted molar refractivity (Wildman–Crippen MR) is 83.3 cm³/mol. The Bertz CT molecular complexity index is 524. The summed E-state index contributed by atoms with van der Waals surface area (Å²) in [6.07, 6.45) is 10.2. The van der Waals surface area contributed by atoms with E-state index in [1.165, 1.54) is 19.4 Å². The van der Waals surface area contributed by atoms with Gasteiger partial charge in [0.15, 0.2) is 0 Å². The van der Waals surface area contributed by atoms with E-state index in [0.717, 1.165) is 38.7 Å². The Balaban J connectivity index is 1.35. The van der Waals surface area contributed by atoms with Gasteiger partial charge in [0.05, 0.1) is 0 Å². The van der Waals surface area contributed by atoms with E-state index in [9.17, 15) is 0 Å². The van der Waals surface area contributed by atoms with Crippen LogP contribution in [0, 0.1) is 0 Å². The van der Waals surface area contributed by atoms with Gasteiger partial charge in [-0.2, -0.15) is 5.10 Å². The Kier molecular flexibility index (Phi) is 4.55. The molecule has 0 atom stereocenters. The molecule has 1 saturated heterocycles. The smallest absolute Gasteiger partial charge is 0.205 e. The zero-order valence-corrected chi connectivity index (χ0v) is 12.7. The van der Waals surface area contributed by atoms with Gasteiger partial charge in [-0.05, 0) is 25.5 Å². The Hall–Kier alpha value is -1.82. The molecule has 6 heteroatoms. The van der Waals surface area contributed by atoms with Crippen LogP contribution >= 0.6 is 0 Å². The largest absolute Gasteiger partial charge is 0.340 e. The van der Waals surface area contributed by atoms with Gasteiger partial charge in [0.1, 0.15) is 0 Å². The number of hydrogen-bond acceptors (Lipinski definition) is 4. The third kappa shape index (κ3) is 3.64. The minimum absolute atomic E-state index is 1.03. The average molecular weight is 288 g/mol. The van der Waals surface area contributed by atoms with Gasteiger partial charge in [0, 0.05) is 64.6 Å². The maximum atomic E-state index is 4.43. The summed E-state index contributed by atoms with van der Waals surface area (Å²) in [6.45, 7) is 6.63. The first-order valence-corrected chi connectivity index (χ1v) is 7.75. The van der Waals surface area contributed by atoms with E-state index in [4.69, 9.17) is 0 Å². The molecule has 3 rings (SSSR count). The van der Waals surface area contributed by atoms with Crippen molar-refractivity contribution in [2.45, 2.75) is 19.4 Å². The zero-order valence-electron chi connectivity index (χ0n) is 12.7. The highest BCUT2D eigenvalue weighted by molar-refractivity contribution is 5.31. The number of rotatable bonds is 6. The molecule has 3 heterocycles. The number of nitrogens with zero attached hydrogens (tertiary/aromatic N) is 6. The van der Waals surface area contributed by atoms with Crippen LogP contribution in [0.3, 0.4) is 0 Å². The van der Waals surface area contributed by atoms with E-state index in [1.54, 1.807) is 0 Å². The highest BCUT2D eigenvalue weighted by Gasteiger charge is 2.18. The molecule has 0 amide bonds. The quantitative estimate of drug-likeness (QED) is 0.750. The van der Waals surface area contributed by atoms with E-state index < -0.39 is 0 Å². The summed E-state index contributed by atoms with van der Waals surface area (Å²) in [4.78, 5) is 9.36. The summed E-state index contributed by atoms with van der Waals surface area (Å²) in [5.41, 5.74) is 0. The fraction of sp³-hybridized carbons (Fsp3) is 0.600. The molecule has 2 aromatic heterocycles. The minimum Gasteiger partial charge on any atom is -0.340 e. The fourth-order valence-corrected chi connectivity index (χ4v) is 2.88. The highest BCUT2D eigenvalue weighted by Crippen LogP contribution is 2.13. The first kappa shape index (κ1) is 14.1. The number of piperazine rings is 1. The van der Waals surface area contributed by atoms with Crippen LogP contribution in [0.4, 0.5) is 5.95 Å². The van der Waals surface area contributed by atoms with Crippen molar-refractivity contribution in [2.24, 2.45) is 7.05 Å². The number of unbranched alkanes of at least 4 members (excludes halogenated alkanes) is 1. The molecular formula is C15H24N6. The molecule has 0 radical (unpaired) electrons. The molecule has 0 aliphatic carbocycles. The molecule has 0 saturated carbocycles. The Morgan fingerprint density at radius 1 is 1.00 bits per heavy atom. The molecule has 6 nitrogen and oxygen atoms in total. The summed E-state index contributed by atoms with van der Waals surface area (Å²) in [5, 5.41) is 4.23. The Labute approximate surface area is 126 Å². The lowest BCUT2D eigenvalue weighted by molar-refractivity contribution is 0.249. The van der Waals surface area contributed by atoms with Crippen molar-refractivity contribution in [2.75, 3.05) is 37.6 Å². The minimum atomic E-state index is 1.03. The Morgan fingerprint density at radius 2 is 1.81 bits per heavy atom. The molecule has 0 bridgehead atoms. The molecule has 1 fully saturated rings. The fourth-order valence-electron chi connectivity index (χ4n) is 2.88. The molecule has 21 heavy (non-hydrogen) atoms. The van der Waals surface area contributed by atoms with Crippen molar-refractivity contribution in [1.82, 2.24) is 24.2 Å². The molecule has 0 spiro atoms. The van der Waals surface area contributed by atoms with E-state index in [2.05, 4.69) is 31.5 Å². The topological polar surface area (TPSA) is 42.1 Å². The lowest BCUT2D eigenvalue weighted by atomic mass is 10.2. The maximum absolute atomic E-state index is 4.43. The number of aryl methyl sites for hydroxylation is 2. The standard InChI is InChI=1S/C15H24N6/c1-18-10-6-16-15(18)20-13-11-19(12-14-20)7-2-3-8-21-9-4-5-17-21/h4-6,9-10H,2-3,7-8,11-14H2,1H3. The first-order valence-electron chi connectivity index (χ1n) is 7.75. The molecule has 2 aromatic rings. The normalized spacial score (nSPS) is 16.5. The molecule has 1 aliphatic rings. The van der Waals surface area contributed by atoms with Gasteiger partial charge >= 0.3 is 0 Å². The number of imidazole rings is 1. The van der Waals surface area contributed by atoms with Crippen molar-refractivity contribution in [3.8, 4) is 0 Å².